The van der Waals surface area contributed by atoms with E-state index in [0.29, 0.717) is 31.7 Å². The number of piperazine rings is 1. The van der Waals surface area contributed by atoms with Crippen LogP contribution in [0.15, 0.2) is 54.6 Å². The van der Waals surface area contributed by atoms with Crippen LogP contribution in [-0.2, 0) is 0 Å². The number of benzene rings is 2. The number of anilines is 1. The van der Waals surface area contributed by atoms with Gasteiger partial charge in [0.15, 0.2) is 12.1 Å². The van der Waals surface area contributed by atoms with Gasteiger partial charge >= 0.3 is 0 Å². The van der Waals surface area contributed by atoms with Gasteiger partial charge < -0.3 is 4.90 Å². The summed E-state index contributed by atoms with van der Waals surface area (Å²) in [6, 6.07) is 15.4. The van der Waals surface area contributed by atoms with Crippen molar-refractivity contribution >= 4 is 11.5 Å². The van der Waals surface area contributed by atoms with Crippen molar-refractivity contribution in [1.29, 1.82) is 0 Å². The molecule has 1 atom stereocenters. The maximum Gasteiger partial charge on any atom is 0.163 e. The Kier molecular flexibility index (Phi) is 5.76. The third-order valence-corrected chi connectivity index (χ3v) is 4.61. The van der Waals surface area contributed by atoms with E-state index in [1.165, 1.54) is 12.1 Å². The fourth-order valence-corrected chi connectivity index (χ4v) is 3.11. The zero-order valence-electron chi connectivity index (χ0n) is 14.1. The molecule has 1 heterocycles. The quantitative estimate of drug-likeness (QED) is 0.586. The number of hydrogen-bond acceptors (Lipinski definition) is 3. The van der Waals surface area contributed by atoms with Crippen LogP contribution in [0.4, 0.5) is 14.5 Å². The lowest BCUT2D eigenvalue weighted by molar-refractivity contribution is 0.0636. The highest BCUT2D eigenvalue weighted by Gasteiger charge is 2.24. The topological polar surface area (TPSA) is 23.6 Å². The van der Waals surface area contributed by atoms with E-state index in [-0.39, 0.29) is 24.4 Å². The number of hydrogen-bond donors (Lipinski definition) is 0. The minimum Gasteiger partial charge on any atom is -0.369 e. The predicted molar refractivity (Wildman–Crippen MR) is 95.1 cm³/mol. The van der Waals surface area contributed by atoms with E-state index in [1.54, 1.807) is 29.2 Å². The maximum atomic E-state index is 14.5. The number of ketones is 1. The Morgan fingerprint density at radius 2 is 1.60 bits per heavy atom. The SMILES string of the molecule is O=C(CCC(F)N1CCN(c2ccc(F)cc2)CC1)c1ccccc1. The van der Waals surface area contributed by atoms with Crippen molar-refractivity contribution in [3.05, 3.63) is 66.0 Å². The zero-order valence-corrected chi connectivity index (χ0v) is 14.1. The van der Waals surface area contributed by atoms with Gasteiger partial charge in [0, 0.05) is 43.9 Å². The number of halogens is 2. The van der Waals surface area contributed by atoms with Crippen LogP contribution in [0.5, 0.6) is 0 Å². The molecule has 5 heteroatoms. The molecule has 1 aliphatic heterocycles. The van der Waals surface area contributed by atoms with Crippen LogP contribution in [-0.4, -0.2) is 43.2 Å². The number of carbonyl (C=O) groups excluding carboxylic acids is 1. The fraction of sp³-hybridized carbons (Fsp3) is 0.350. The van der Waals surface area contributed by atoms with Crippen LogP contribution < -0.4 is 4.90 Å². The molecule has 0 aromatic heterocycles. The smallest absolute Gasteiger partial charge is 0.163 e. The van der Waals surface area contributed by atoms with Crippen molar-refractivity contribution in [3.8, 4) is 0 Å². The van der Waals surface area contributed by atoms with Gasteiger partial charge in [0.1, 0.15) is 5.82 Å². The molecule has 0 bridgehead atoms. The van der Waals surface area contributed by atoms with Gasteiger partial charge in [0.2, 0.25) is 0 Å². The third-order valence-electron chi connectivity index (χ3n) is 4.61. The second-order valence-corrected chi connectivity index (χ2v) is 6.26. The Labute approximate surface area is 146 Å². The van der Waals surface area contributed by atoms with Crippen LogP contribution >= 0.6 is 0 Å². The summed E-state index contributed by atoms with van der Waals surface area (Å²) in [4.78, 5) is 16.0. The highest BCUT2D eigenvalue weighted by molar-refractivity contribution is 5.95. The highest BCUT2D eigenvalue weighted by atomic mass is 19.1. The second kappa shape index (κ2) is 8.21. The molecule has 1 unspecified atom stereocenters. The number of Topliss-reactive ketones (excluding diaryl/α,β-unsaturated/α-hetero) is 1. The molecule has 2 aromatic carbocycles. The minimum atomic E-state index is -1.11. The van der Waals surface area contributed by atoms with Gasteiger partial charge in [0.25, 0.3) is 0 Å². The molecule has 132 valence electrons. The van der Waals surface area contributed by atoms with Gasteiger partial charge in [-0.3, -0.25) is 9.69 Å². The first-order chi connectivity index (χ1) is 12.1. The van der Waals surface area contributed by atoms with Crippen LogP contribution in [0, 0.1) is 5.82 Å². The Morgan fingerprint density at radius 1 is 0.960 bits per heavy atom. The van der Waals surface area contributed by atoms with Crippen molar-refractivity contribution < 1.29 is 13.6 Å². The van der Waals surface area contributed by atoms with Gasteiger partial charge in [-0.25, -0.2) is 8.78 Å². The molecule has 25 heavy (non-hydrogen) atoms. The standard InChI is InChI=1S/C20H22F2N2O/c21-17-6-8-18(9-7-17)23-12-14-24(15-13-23)20(22)11-10-19(25)16-4-2-1-3-5-16/h1-9,20H,10-15H2. The normalized spacial score (nSPS) is 16.6. The molecular formula is C20H22F2N2O. The fourth-order valence-electron chi connectivity index (χ4n) is 3.11. The highest BCUT2D eigenvalue weighted by Crippen LogP contribution is 2.19. The molecule has 0 spiro atoms. The lowest BCUT2D eigenvalue weighted by Crippen LogP contribution is -2.49. The molecule has 2 aromatic rings. The van der Waals surface area contributed by atoms with Crippen LogP contribution in [0.3, 0.4) is 0 Å². The van der Waals surface area contributed by atoms with Crippen molar-refractivity contribution in [2.75, 3.05) is 31.1 Å². The molecule has 0 radical (unpaired) electrons. The van der Waals surface area contributed by atoms with E-state index in [4.69, 9.17) is 0 Å². The summed E-state index contributed by atoms with van der Waals surface area (Å²) < 4.78 is 27.4. The molecule has 1 fully saturated rings. The van der Waals surface area contributed by atoms with Crippen LogP contribution in [0.2, 0.25) is 0 Å². The first kappa shape index (κ1) is 17.5. The average molecular weight is 344 g/mol. The van der Waals surface area contributed by atoms with Crippen molar-refractivity contribution in [3.63, 3.8) is 0 Å². The summed E-state index contributed by atoms with van der Waals surface area (Å²) in [5, 5.41) is 0. The third kappa shape index (κ3) is 4.63. The first-order valence-electron chi connectivity index (χ1n) is 8.60. The molecule has 3 rings (SSSR count). The van der Waals surface area contributed by atoms with Gasteiger partial charge in [-0.05, 0) is 30.7 Å². The van der Waals surface area contributed by atoms with Gasteiger partial charge in [-0.2, -0.15) is 0 Å². The van der Waals surface area contributed by atoms with E-state index in [1.807, 2.05) is 18.2 Å². The molecule has 3 nitrogen and oxygen atoms in total. The Hall–Kier alpha value is -2.27. The van der Waals surface area contributed by atoms with E-state index in [9.17, 15) is 13.6 Å². The summed E-state index contributed by atoms with van der Waals surface area (Å²) in [6.45, 7) is 2.58. The summed E-state index contributed by atoms with van der Waals surface area (Å²) in [5.74, 6) is -0.275. The van der Waals surface area contributed by atoms with E-state index >= 15 is 0 Å². The predicted octanol–water partition coefficient (Wildman–Crippen LogP) is 3.91. The lowest BCUT2D eigenvalue weighted by atomic mass is 10.1. The number of nitrogens with zero attached hydrogens (tertiary/aromatic N) is 2. The molecule has 0 N–H and O–H groups in total. The monoisotopic (exact) mass is 344 g/mol. The lowest BCUT2D eigenvalue weighted by Gasteiger charge is -2.37. The van der Waals surface area contributed by atoms with E-state index in [0.717, 1.165) is 5.69 Å². The average Bonchev–Trinajstić information content (AvgIpc) is 2.67. The van der Waals surface area contributed by atoms with Crippen molar-refractivity contribution in [2.45, 2.75) is 19.1 Å². The Balaban J connectivity index is 1.46. The number of alkyl halides is 1. The Morgan fingerprint density at radius 3 is 2.24 bits per heavy atom. The van der Waals surface area contributed by atoms with Gasteiger partial charge in [-0.1, -0.05) is 30.3 Å². The summed E-state index contributed by atoms with van der Waals surface area (Å²) in [7, 11) is 0. The zero-order chi connectivity index (χ0) is 17.6. The second-order valence-electron chi connectivity index (χ2n) is 6.26. The van der Waals surface area contributed by atoms with Crippen molar-refractivity contribution in [2.24, 2.45) is 0 Å². The molecule has 0 saturated carbocycles. The molecule has 1 saturated heterocycles. The van der Waals surface area contributed by atoms with E-state index in [2.05, 4.69) is 4.90 Å². The Bertz CT molecular complexity index is 683. The first-order valence-corrected chi connectivity index (χ1v) is 8.60. The summed E-state index contributed by atoms with van der Waals surface area (Å²) in [6.07, 6.45) is -0.684. The summed E-state index contributed by atoms with van der Waals surface area (Å²) in [5.41, 5.74) is 1.59. The largest absolute Gasteiger partial charge is 0.369 e. The van der Waals surface area contributed by atoms with Crippen LogP contribution in [0.25, 0.3) is 0 Å². The minimum absolute atomic E-state index is 0.0202. The number of carbonyl (C=O) groups is 1. The van der Waals surface area contributed by atoms with Crippen molar-refractivity contribution in [1.82, 2.24) is 4.90 Å². The van der Waals surface area contributed by atoms with Crippen LogP contribution in [0.1, 0.15) is 23.2 Å². The number of rotatable bonds is 6. The molecule has 0 amide bonds. The maximum absolute atomic E-state index is 14.5. The molecular weight excluding hydrogens is 322 g/mol. The van der Waals surface area contributed by atoms with Gasteiger partial charge in [-0.15, -0.1) is 0 Å². The van der Waals surface area contributed by atoms with E-state index < -0.39 is 6.30 Å². The summed E-state index contributed by atoms with van der Waals surface area (Å²) >= 11 is 0. The molecule has 0 aliphatic carbocycles. The van der Waals surface area contributed by atoms with Gasteiger partial charge in [0.05, 0.1) is 0 Å². The molecule has 1 aliphatic rings.